The Bertz CT molecular complexity index is 1170. The summed E-state index contributed by atoms with van der Waals surface area (Å²) in [7, 11) is 0. The lowest BCUT2D eigenvalue weighted by Gasteiger charge is -2.10. The highest BCUT2D eigenvalue weighted by molar-refractivity contribution is 7.21. The summed E-state index contributed by atoms with van der Waals surface area (Å²) in [5.41, 5.74) is 3.22. The lowest BCUT2D eigenvalue weighted by molar-refractivity contribution is -0.118. The molecule has 0 spiro atoms. The van der Waals surface area contributed by atoms with Crippen molar-refractivity contribution >= 4 is 56.3 Å². The molecule has 0 aliphatic rings. The Morgan fingerprint density at radius 1 is 1.07 bits per heavy atom. The van der Waals surface area contributed by atoms with E-state index in [-0.39, 0.29) is 12.5 Å². The molecule has 0 unspecified atom stereocenters. The monoisotopic (exact) mass is 442 g/mol. The van der Waals surface area contributed by atoms with E-state index in [1.807, 2.05) is 37.3 Å². The Balaban J connectivity index is 1.48. The van der Waals surface area contributed by atoms with Crippen LogP contribution in [0.2, 0.25) is 10.0 Å². The number of carbonyl (C=O) groups is 1. The fourth-order valence-electron chi connectivity index (χ4n) is 2.81. The van der Waals surface area contributed by atoms with E-state index in [0.29, 0.717) is 21.5 Å². The number of nitrogens with zero attached hydrogens (tertiary/aromatic N) is 1. The number of carbonyl (C=O) groups excluding carboxylic acids is 1. The molecule has 0 atom stereocenters. The maximum Gasteiger partial charge on any atom is 0.262 e. The molecular weight excluding hydrogens is 427 g/mol. The number of rotatable bonds is 5. The SMILES string of the molecule is Cc1cc(OCC(=O)Nc2ccc(Cl)c(-c3nc4ccccc4s3)c2)ccc1Cl. The lowest BCUT2D eigenvalue weighted by Crippen LogP contribution is -2.20. The van der Waals surface area contributed by atoms with E-state index < -0.39 is 0 Å². The zero-order chi connectivity index (χ0) is 20.4. The van der Waals surface area contributed by atoms with Crippen LogP contribution in [0.3, 0.4) is 0 Å². The number of hydrogen-bond acceptors (Lipinski definition) is 4. The molecule has 0 saturated heterocycles. The molecule has 0 bridgehead atoms. The van der Waals surface area contributed by atoms with Crippen LogP contribution >= 0.6 is 34.5 Å². The number of thiazole rings is 1. The largest absolute Gasteiger partial charge is 0.484 e. The average molecular weight is 443 g/mol. The minimum absolute atomic E-state index is 0.111. The Morgan fingerprint density at radius 3 is 2.66 bits per heavy atom. The van der Waals surface area contributed by atoms with Crippen molar-refractivity contribution in [3.05, 3.63) is 76.3 Å². The van der Waals surface area contributed by atoms with Gasteiger partial charge in [-0.1, -0.05) is 35.3 Å². The van der Waals surface area contributed by atoms with E-state index >= 15 is 0 Å². The standard InChI is InChI=1S/C22H16Cl2N2O2S/c1-13-10-15(7-9-17(13)23)28-12-21(27)25-14-6-8-18(24)16(11-14)22-26-19-4-2-3-5-20(19)29-22/h2-11H,12H2,1H3,(H,25,27). The molecule has 4 aromatic rings. The highest BCUT2D eigenvalue weighted by Gasteiger charge is 2.12. The van der Waals surface area contributed by atoms with Crippen LogP contribution in [-0.2, 0) is 4.79 Å². The molecular formula is C22H16Cl2N2O2S. The third-order valence-corrected chi connectivity index (χ3v) is 6.10. The quantitative estimate of drug-likeness (QED) is 0.378. The van der Waals surface area contributed by atoms with Crippen molar-refractivity contribution in [2.75, 3.05) is 11.9 Å². The van der Waals surface area contributed by atoms with Gasteiger partial charge < -0.3 is 10.1 Å². The van der Waals surface area contributed by atoms with Crippen LogP contribution in [0.1, 0.15) is 5.56 Å². The summed E-state index contributed by atoms with van der Waals surface area (Å²) in [6, 6.07) is 18.5. The zero-order valence-electron chi connectivity index (χ0n) is 15.4. The molecule has 0 saturated carbocycles. The summed E-state index contributed by atoms with van der Waals surface area (Å²) in [6.45, 7) is 1.77. The van der Waals surface area contributed by atoms with Crippen LogP contribution in [0.4, 0.5) is 5.69 Å². The van der Waals surface area contributed by atoms with Crippen LogP contribution in [0.25, 0.3) is 20.8 Å². The highest BCUT2D eigenvalue weighted by atomic mass is 35.5. The van der Waals surface area contributed by atoms with Crippen LogP contribution < -0.4 is 10.1 Å². The minimum atomic E-state index is -0.268. The molecule has 0 aliphatic carbocycles. The molecule has 3 aromatic carbocycles. The van der Waals surface area contributed by atoms with Gasteiger partial charge in [0, 0.05) is 16.3 Å². The molecule has 0 fully saturated rings. The Kier molecular flexibility index (Phi) is 5.72. The first-order valence-electron chi connectivity index (χ1n) is 8.84. The number of aromatic nitrogens is 1. The van der Waals surface area contributed by atoms with E-state index in [9.17, 15) is 4.79 Å². The fraction of sp³-hybridized carbons (Fsp3) is 0.0909. The predicted octanol–water partition coefficient (Wildman–Crippen LogP) is 6.60. The molecule has 0 aliphatic heterocycles. The molecule has 4 nitrogen and oxygen atoms in total. The van der Waals surface area contributed by atoms with Gasteiger partial charge >= 0.3 is 0 Å². The molecule has 146 valence electrons. The van der Waals surface area contributed by atoms with Crippen LogP contribution in [0, 0.1) is 6.92 Å². The maximum absolute atomic E-state index is 12.3. The van der Waals surface area contributed by atoms with Crippen molar-refractivity contribution in [1.82, 2.24) is 4.98 Å². The number of hydrogen-bond donors (Lipinski definition) is 1. The summed E-state index contributed by atoms with van der Waals surface area (Å²) in [4.78, 5) is 16.9. The molecule has 1 heterocycles. The number of benzene rings is 3. The number of fused-ring (bicyclic) bond motifs is 1. The number of nitrogens with one attached hydrogen (secondary N) is 1. The number of amides is 1. The van der Waals surface area contributed by atoms with Gasteiger partial charge in [-0.25, -0.2) is 4.98 Å². The first-order chi connectivity index (χ1) is 14.0. The van der Waals surface area contributed by atoms with E-state index in [1.54, 1.807) is 41.7 Å². The Morgan fingerprint density at radius 2 is 1.86 bits per heavy atom. The first-order valence-corrected chi connectivity index (χ1v) is 10.4. The van der Waals surface area contributed by atoms with Gasteiger partial charge in [-0.05, 0) is 61.0 Å². The van der Waals surface area contributed by atoms with E-state index in [2.05, 4.69) is 10.3 Å². The number of para-hydroxylation sites is 1. The maximum atomic E-state index is 12.3. The second-order valence-electron chi connectivity index (χ2n) is 6.43. The number of ether oxygens (including phenoxy) is 1. The summed E-state index contributed by atoms with van der Waals surface area (Å²) in [6.07, 6.45) is 0. The molecule has 1 aromatic heterocycles. The number of halogens is 2. The van der Waals surface area contributed by atoms with Crippen molar-refractivity contribution in [2.45, 2.75) is 6.92 Å². The third kappa shape index (κ3) is 4.53. The Labute approximate surface area is 182 Å². The molecule has 7 heteroatoms. The molecule has 1 amide bonds. The molecule has 29 heavy (non-hydrogen) atoms. The van der Waals surface area contributed by atoms with Crippen LogP contribution in [0.15, 0.2) is 60.7 Å². The van der Waals surface area contributed by atoms with Crippen LogP contribution in [0.5, 0.6) is 5.75 Å². The minimum Gasteiger partial charge on any atom is -0.484 e. The fourth-order valence-corrected chi connectivity index (χ4v) is 4.18. The van der Waals surface area contributed by atoms with Gasteiger partial charge in [0.15, 0.2) is 6.61 Å². The summed E-state index contributed by atoms with van der Waals surface area (Å²) in [5, 5.41) is 4.88. The molecule has 4 rings (SSSR count). The lowest BCUT2D eigenvalue weighted by atomic mass is 10.2. The van der Waals surface area contributed by atoms with Crippen LogP contribution in [-0.4, -0.2) is 17.5 Å². The van der Waals surface area contributed by atoms with Gasteiger partial charge in [-0.15, -0.1) is 11.3 Å². The topological polar surface area (TPSA) is 51.2 Å². The number of aryl methyl sites for hydroxylation is 1. The third-order valence-electron chi connectivity index (χ3n) is 4.27. The first kappa shape index (κ1) is 19.7. The van der Waals surface area contributed by atoms with E-state index in [1.165, 1.54) is 0 Å². The van der Waals surface area contributed by atoms with Crippen molar-refractivity contribution in [1.29, 1.82) is 0 Å². The molecule has 0 radical (unpaired) electrons. The number of anilines is 1. The average Bonchev–Trinajstić information content (AvgIpc) is 3.14. The van der Waals surface area contributed by atoms with Crippen molar-refractivity contribution in [2.24, 2.45) is 0 Å². The normalized spacial score (nSPS) is 10.9. The summed E-state index contributed by atoms with van der Waals surface area (Å²) < 4.78 is 6.63. The van der Waals surface area contributed by atoms with Gasteiger partial charge in [0.1, 0.15) is 10.8 Å². The van der Waals surface area contributed by atoms with Crippen molar-refractivity contribution in [3.8, 4) is 16.3 Å². The summed E-state index contributed by atoms with van der Waals surface area (Å²) in [5.74, 6) is 0.323. The predicted molar refractivity (Wildman–Crippen MR) is 120 cm³/mol. The highest BCUT2D eigenvalue weighted by Crippen LogP contribution is 2.35. The Hall–Kier alpha value is -2.60. The van der Waals surface area contributed by atoms with Crippen molar-refractivity contribution < 1.29 is 9.53 Å². The second-order valence-corrected chi connectivity index (χ2v) is 8.27. The summed E-state index contributed by atoms with van der Waals surface area (Å²) >= 11 is 13.9. The van der Waals surface area contributed by atoms with Crippen molar-refractivity contribution in [3.63, 3.8) is 0 Å². The molecule has 1 N–H and O–H groups in total. The second kappa shape index (κ2) is 8.41. The van der Waals surface area contributed by atoms with E-state index in [0.717, 1.165) is 26.4 Å². The van der Waals surface area contributed by atoms with E-state index in [4.69, 9.17) is 27.9 Å². The smallest absolute Gasteiger partial charge is 0.262 e. The zero-order valence-corrected chi connectivity index (χ0v) is 17.7. The van der Waals surface area contributed by atoms with Gasteiger partial charge in [-0.3, -0.25) is 4.79 Å². The van der Waals surface area contributed by atoms with Gasteiger partial charge in [0.25, 0.3) is 5.91 Å². The van der Waals surface area contributed by atoms with Gasteiger partial charge in [-0.2, -0.15) is 0 Å². The van der Waals surface area contributed by atoms with Gasteiger partial charge in [0.2, 0.25) is 0 Å². The van der Waals surface area contributed by atoms with Gasteiger partial charge in [0.05, 0.1) is 15.2 Å².